The highest BCUT2D eigenvalue weighted by atomic mass is 16.5. The average Bonchev–Trinajstić information content (AvgIpc) is 3.24. The molecule has 4 aromatic rings. The third kappa shape index (κ3) is 3.89. The second-order valence-electron chi connectivity index (χ2n) is 7.44. The monoisotopic (exact) mass is 448 g/mol. The standard InChI is InChI=1S/C22H16N4O7/c1-12-16(24-21(29)30-11-13-5-3-2-4-6-13)14(26-33-12)7-8-15-23-17-18(31-15)32-19(25-17)22(9-10-22)20(27)28/h2-6H,9-11H2,1H3,(H,24,29)(H,27,28). The van der Waals surface area contributed by atoms with Gasteiger partial charge in [0.05, 0.1) is 0 Å². The van der Waals surface area contributed by atoms with E-state index in [1.54, 1.807) is 6.92 Å². The number of anilines is 1. The van der Waals surface area contributed by atoms with Crippen LogP contribution in [0.5, 0.6) is 0 Å². The van der Waals surface area contributed by atoms with E-state index < -0.39 is 17.5 Å². The zero-order valence-electron chi connectivity index (χ0n) is 17.2. The quantitative estimate of drug-likeness (QED) is 0.434. The lowest BCUT2D eigenvalue weighted by Crippen LogP contribution is -2.19. The summed E-state index contributed by atoms with van der Waals surface area (Å²) in [6.07, 6.45) is 0.214. The Labute approximate surface area is 185 Å². The van der Waals surface area contributed by atoms with E-state index in [0.29, 0.717) is 18.6 Å². The van der Waals surface area contributed by atoms with E-state index in [4.69, 9.17) is 18.1 Å². The van der Waals surface area contributed by atoms with Crippen molar-refractivity contribution in [2.24, 2.45) is 0 Å². The third-order valence-electron chi connectivity index (χ3n) is 5.14. The Morgan fingerprint density at radius 1 is 1.18 bits per heavy atom. The van der Waals surface area contributed by atoms with Crippen molar-refractivity contribution in [3.63, 3.8) is 0 Å². The van der Waals surface area contributed by atoms with Crippen molar-refractivity contribution in [2.75, 3.05) is 5.32 Å². The van der Waals surface area contributed by atoms with Crippen molar-refractivity contribution < 1.29 is 32.8 Å². The lowest BCUT2D eigenvalue weighted by molar-refractivity contribution is -0.140. The van der Waals surface area contributed by atoms with Gasteiger partial charge in [0, 0.05) is 5.92 Å². The van der Waals surface area contributed by atoms with Crippen LogP contribution >= 0.6 is 0 Å². The number of carbonyl (C=O) groups is 2. The summed E-state index contributed by atoms with van der Waals surface area (Å²) in [4.78, 5) is 31.8. The molecule has 1 aliphatic carbocycles. The number of benzene rings is 1. The number of carbonyl (C=O) groups excluding carboxylic acids is 1. The first-order chi connectivity index (χ1) is 15.9. The number of rotatable bonds is 5. The first-order valence-electron chi connectivity index (χ1n) is 9.92. The molecule has 1 aliphatic rings. The van der Waals surface area contributed by atoms with Crippen molar-refractivity contribution in [3.05, 3.63) is 59.1 Å². The second-order valence-corrected chi connectivity index (χ2v) is 7.44. The Bertz CT molecular complexity index is 1390. The summed E-state index contributed by atoms with van der Waals surface area (Å²) in [6.45, 7) is 1.72. The number of aromatic nitrogens is 3. The molecule has 11 nitrogen and oxygen atoms in total. The van der Waals surface area contributed by atoms with Gasteiger partial charge in [-0.15, -0.1) is 0 Å². The maximum atomic E-state index is 12.2. The van der Waals surface area contributed by atoms with Gasteiger partial charge in [-0.2, -0.15) is 9.97 Å². The maximum Gasteiger partial charge on any atom is 0.412 e. The molecule has 0 spiro atoms. The number of oxazole rings is 2. The molecular weight excluding hydrogens is 432 g/mol. The smallest absolute Gasteiger partial charge is 0.412 e. The molecule has 0 radical (unpaired) electrons. The highest BCUT2D eigenvalue weighted by molar-refractivity contribution is 5.87. The van der Waals surface area contributed by atoms with Crippen LogP contribution < -0.4 is 5.32 Å². The molecule has 0 bridgehead atoms. The van der Waals surface area contributed by atoms with E-state index in [2.05, 4.69) is 32.3 Å². The molecule has 1 aromatic carbocycles. The molecule has 1 saturated carbocycles. The Morgan fingerprint density at radius 3 is 2.67 bits per heavy atom. The van der Waals surface area contributed by atoms with Gasteiger partial charge in [0.25, 0.3) is 5.89 Å². The fourth-order valence-electron chi connectivity index (χ4n) is 3.12. The van der Waals surface area contributed by atoms with E-state index in [-0.39, 0.29) is 41.2 Å². The third-order valence-corrected chi connectivity index (χ3v) is 5.14. The van der Waals surface area contributed by atoms with Crippen LogP contribution in [0.2, 0.25) is 0 Å². The van der Waals surface area contributed by atoms with Crippen molar-refractivity contribution in [1.82, 2.24) is 15.1 Å². The zero-order chi connectivity index (χ0) is 23.0. The number of aryl methyl sites for hydroxylation is 1. The van der Waals surface area contributed by atoms with Gasteiger partial charge in [0.15, 0.2) is 11.5 Å². The number of hydrogen-bond acceptors (Lipinski definition) is 9. The molecule has 0 unspecified atom stereocenters. The predicted molar refractivity (Wildman–Crippen MR) is 110 cm³/mol. The number of aliphatic carboxylic acids is 1. The summed E-state index contributed by atoms with van der Waals surface area (Å²) in [6, 6.07) is 9.24. The number of carboxylic acids is 1. The summed E-state index contributed by atoms with van der Waals surface area (Å²) in [7, 11) is 0. The van der Waals surface area contributed by atoms with E-state index in [9.17, 15) is 14.7 Å². The SMILES string of the molecule is Cc1onc(C#Cc2nc3nc(C4(C(=O)O)CC4)oc3o2)c1NC(=O)OCc1ccccc1. The molecule has 0 aliphatic heterocycles. The van der Waals surface area contributed by atoms with Crippen LogP contribution in [0, 0.1) is 18.8 Å². The molecule has 166 valence electrons. The topological polar surface area (TPSA) is 154 Å². The molecule has 3 aromatic heterocycles. The van der Waals surface area contributed by atoms with Crippen molar-refractivity contribution in [1.29, 1.82) is 0 Å². The van der Waals surface area contributed by atoms with Crippen LogP contribution in [-0.2, 0) is 21.6 Å². The van der Waals surface area contributed by atoms with Crippen LogP contribution in [0.3, 0.4) is 0 Å². The number of ether oxygens (including phenoxy) is 1. The van der Waals surface area contributed by atoms with Crippen molar-refractivity contribution in [2.45, 2.75) is 31.8 Å². The molecule has 5 rings (SSSR count). The fourth-order valence-corrected chi connectivity index (χ4v) is 3.12. The Hall–Kier alpha value is -4.59. The number of amides is 1. The van der Waals surface area contributed by atoms with Gasteiger partial charge in [-0.1, -0.05) is 35.5 Å². The van der Waals surface area contributed by atoms with E-state index in [0.717, 1.165) is 5.56 Å². The van der Waals surface area contributed by atoms with Gasteiger partial charge in [0.2, 0.25) is 11.5 Å². The van der Waals surface area contributed by atoms with Crippen LogP contribution in [0.15, 0.2) is 43.7 Å². The van der Waals surface area contributed by atoms with Crippen LogP contribution in [0.25, 0.3) is 11.4 Å². The molecule has 0 atom stereocenters. The van der Waals surface area contributed by atoms with E-state index in [1.165, 1.54) is 0 Å². The highest BCUT2D eigenvalue weighted by Gasteiger charge is 2.56. The lowest BCUT2D eigenvalue weighted by Gasteiger charge is -2.06. The number of nitrogens with zero attached hydrogens (tertiary/aromatic N) is 3. The van der Waals surface area contributed by atoms with E-state index in [1.807, 2.05) is 30.3 Å². The Kier molecular flexibility index (Phi) is 4.82. The van der Waals surface area contributed by atoms with Gasteiger partial charge in [0.1, 0.15) is 17.7 Å². The van der Waals surface area contributed by atoms with Gasteiger partial charge in [-0.3, -0.25) is 10.1 Å². The average molecular weight is 448 g/mol. The van der Waals surface area contributed by atoms with Gasteiger partial charge in [-0.25, -0.2) is 4.79 Å². The summed E-state index contributed by atoms with van der Waals surface area (Å²) < 4.78 is 21.2. The second kappa shape index (κ2) is 7.83. The van der Waals surface area contributed by atoms with Crippen molar-refractivity contribution >= 4 is 29.2 Å². The molecule has 33 heavy (non-hydrogen) atoms. The number of carboxylic acid groups (broad SMARTS) is 1. The minimum Gasteiger partial charge on any atom is -0.480 e. The minimum atomic E-state index is -1.09. The number of nitrogens with one attached hydrogen (secondary N) is 1. The van der Waals surface area contributed by atoms with E-state index >= 15 is 0 Å². The minimum absolute atomic E-state index is 0.0128. The first-order valence-corrected chi connectivity index (χ1v) is 9.92. The van der Waals surface area contributed by atoms with Crippen molar-refractivity contribution in [3.8, 4) is 11.8 Å². The predicted octanol–water partition coefficient (Wildman–Crippen LogP) is 3.38. The number of hydrogen-bond donors (Lipinski definition) is 2. The summed E-state index contributed by atoms with van der Waals surface area (Å²) in [5, 5.41) is 15.7. The highest BCUT2D eigenvalue weighted by Crippen LogP contribution is 2.48. The summed E-state index contributed by atoms with van der Waals surface area (Å²) >= 11 is 0. The Morgan fingerprint density at radius 2 is 1.97 bits per heavy atom. The van der Waals surface area contributed by atoms with Gasteiger partial charge in [-0.05, 0) is 31.2 Å². The van der Waals surface area contributed by atoms with Crippen LogP contribution in [-0.4, -0.2) is 32.3 Å². The normalized spacial score (nSPS) is 13.8. The van der Waals surface area contributed by atoms with Gasteiger partial charge < -0.3 is 23.2 Å². The van der Waals surface area contributed by atoms with Crippen LogP contribution in [0.4, 0.5) is 10.5 Å². The maximum absolute atomic E-state index is 12.2. The molecule has 0 saturated heterocycles. The Balaban J connectivity index is 1.29. The molecule has 2 N–H and O–H groups in total. The fraction of sp³-hybridized carbons (Fsp3) is 0.227. The lowest BCUT2D eigenvalue weighted by atomic mass is 10.1. The zero-order valence-corrected chi connectivity index (χ0v) is 17.2. The largest absolute Gasteiger partial charge is 0.480 e. The molecular formula is C22H16N4O7. The summed E-state index contributed by atoms with van der Waals surface area (Å²) in [5.41, 5.74) is 0.281. The molecule has 3 heterocycles. The van der Waals surface area contributed by atoms with Crippen LogP contribution in [0.1, 0.15) is 41.6 Å². The molecule has 1 amide bonds. The summed E-state index contributed by atoms with van der Waals surface area (Å²) in [5.74, 6) is 4.77. The van der Waals surface area contributed by atoms with Gasteiger partial charge >= 0.3 is 17.8 Å². The molecule has 1 fully saturated rings. The molecule has 11 heteroatoms. The number of fused-ring (bicyclic) bond motifs is 1. The first kappa shape index (κ1) is 20.3.